The molecule has 0 bridgehead atoms. The minimum atomic E-state index is 0.0121. The third-order valence-corrected chi connectivity index (χ3v) is 7.32. The summed E-state index contributed by atoms with van der Waals surface area (Å²) in [6, 6.07) is 5.94. The molecule has 0 atom stereocenters. The summed E-state index contributed by atoms with van der Waals surface area (Å²) >= 11 is 0. The number of aromatic amines is 1. The Labute approximate surface area is 209 Å². The SMILES string of the molecule is N#Cc1c[nH]c2nc(Nc3ccc(C(=O)N4CCOCC4)c4c3OCC4)nc(NCC3CCCC3)c12. The van der Waals surface area contributed by atoms with Gasteiger partial charge in [-0.3, -0.25) is 4.79 Å². The number of anilines is 3. The second kappa shape index (κ2) is 9.66. The van der Waals surface area contributed by atoms with Crippen molar-refractivity contribution in [1.82, 2.24) is 19.9 Å². The van der Waals surface area contributed by atoms with Crippen LogP contribution in [0.1, 0.15) is 47.2 Å². The maximum atomic E-state index is 13.2. The molecule has 2 fully saturated rings. The Balaban J connectivity index is 1.30. The lowest BCUT2D eigenvalue weighted by Crippen LogP contribution is -2.41. The molecule has 36 heavy (non-hydrogen) atoms. The molecule has 3 aromatic rings. The van der Waals surface area contributed by atoms with Gasteiger partial charge in [0.05, 0.1) is 36.5 Å². The summed E-state index contributed by atoms with van der Waals surface area (Å²) in [5.41, 5.74) is 3.40. The van der Waals surface area contributed by atoms with Gasteiger partial charge >= 0.3 is 0 Å². The van der Waals surface area contributed by atoms with Crippen molar-refractivity contribution in [2.75, 3.05) is 50.1 Å². The van der Waals surface area contributed by atoms with Crippen molar-refractivity contribution in [2.24, 2.45) is 5.92 Å². The highest BCUT2D eigenvalue weighted by Crippen LogP contribution is 2.38. The van der Waals surface area contributed by atoms with Gasteiger partial charge in [0.15, 0.2) is 0 Å². The zero-order valence-electron chi connectivity index (χ0n) is 20.1. The fourth-order valence-electron chi connectivity index (χ4n) is 5.41. The van der Waals surface area contributed by atoms with Crippen molar-refractivity contribution in [1.29, 1.82) is 5.26 Å². The minimum Gasteiger partial charge on any atom is -0.491 e. The normalized spacial score (nSPS) is 17.6. The number of H-pyrrole nitrogens is 1. The predicted molar refractivity (Wildman–Crippen MR) is 135 cm³/mol. The highest BCUT2D eigenvalue weighted by molar-refractivity contribution is 5.98. The van der Waals surface area contributed by atoms with Crippen LogP contribution in [0.15, 0.2) is 18.3 Å². The lowest BCUT2D eigenvalue weighted by atomic mass is 10.0. The molecular formula is C26H29N7O3. The first kappa shape index (κ1) is 22.6. The first-order chi connectivity index (χ1) is 17.7. The Morgan fingerprint density at radius 1 is 1.19 bits per heavy atom. The molecule has 1 aliphatic carbocycles. The topological polar surface area (TPSA) is 128 Å². The van der Waals surface area contributed by atoms with E-state index < -0.39 is 0 Å². The molecule has 1 saturated carbocycles. The predicted octanol–water partition coefficient (Wildman–Crippen LogP) is 3.58. The molecule has 10 heteroatoms. The number of ether oxygens (including phenoxy) is 2. The molecule has 186 valence electrons. The van der Waals surface area contributed by atoms with Crippen LogP contribution < -0.4 is 15.4 Å². The fraction of sp³-hybridized carbons (Fsp3) is 0.462. The Kier molecular flexibility index (Phi) is 6.07. The molecule has 10 nitrogen and oxygen atoms in total. The van der Waals surface area contributed by atoms with Gasteiger partial charge in [-0.05, 0) is 30.9 Å². The summed E-state index contributed by atoms with van der Waals surface area (Å²) in [7, 11) is 0. The molecule has 4 heterocycles. The van der Waals surface area contributed by atoms with Gasteiger partial charge in [0.25, 0.3) is 5.91 Å². The number of hydrogen-bond donors (Lipinski definition) is 3. The molecule has 3 aliphatic rings. The van der Waals surface area contributed by atoms with Crippen LogP contribution in [-0.2, 0) is 11.2 Å². The monoisotopic (exact) mass is 487 g/mol. The van der Waals surface area contributed by atoms with E-state index in [1.54, 1.807) is 6.20 Å². The number of nitrogens with one attached hydrogen (secondary N) is 3. The lowest BCUT2D eigenvalue weighted by molar-refractivity contribution is 0.0302. The van der Waals surface area contributed by atoms with Gasteiger partial charge < -0.3 is 30.0 Å². The first-order valence-electron chi connectivity index (χ1n) is 12.7. The van der Waals surface area contributed by atoms with Crippen LogP contribution in [0.3, 0.4) is 0 Å². The quantitative estimate of drug-likeness (QED) is 0.481. The summed E-state index contributed by atoms with van der Waals surface area (Å²) in [4.78, 5) is 27.5. The third kappa shape index (κ3) is 4.20. The number of carbonyl (C=O) groups excluding carboxylic acids is 1. The second-order valence-electron chi connectivity index (χ2n) is 9.56. The van der Waals surface area contributed by atoms with Crippen LogP contribution in [0, 0.1) is 17.2 Å². The van der Waals surface area contributed by atoms with Gasteiger partial charge in [-0.1, -0.05) is 12.8 Å². The van der Waals surface area contributed by atoms with Gasteiger partial charge in [0.1, 0.15) is 23.3 Å². The van der Waals surface area contributed by atoms with E-state index in [4.69, 9.17) is 14.5 Å². The number of carbonyl (C=O) groups is 1. The number of fused-ring (bicyclic) bond motifs is 2. The molecule has 1 saturated heterocycles. The molecule has 6 rings (SSSR count). The minimum absolute atomic E-state index is 0.0121. The van der Waals surface area contributed by atoms with Gasteiger partial charge in [-0.25, -0.2) is 0 Å². The van der Waals surface area contributed by atoms with E-state index in [-0.39, 0.29) is 5.91 Å². The van der Waals surface area contributed by atoms with Crippen molar-refractivity contribution in [3.05, 3.63) is 35.0 Å². The average molecular weight is 488 g/mol. The Hall–Kier alpha value is -3.84. The maximum absolute atomic E-state index is 13.2. The van der Waals surface area contributed by atoms with E-state index in [1.807, 2.05) is 17.0 Å². The van der Waals surface area contributed by atoms with Gasteiger partial charge in [0.2, 0.25) is 5.95 Å². The number of hydrogen-bond acceptors (Lipinski definition) is 8. The van der Waals surface area contributed by atoms with Crippen LogP contribution in [0.25, 0.3) is 11.0 Å². The first-order valence-corrected chi connectivity index (χ1v) is 12.7. The fourth-order valence-corrected chi connectivity index (χ4v) is 5.41. The van der Waals surface area contributed by atoms with Crippen LogP contribution in [0.2, 0.25) is 0 Å². The van der Waals surface area contributed by atoms with Gasteiger partial charge in [-0.2, -0.15) is 15.2 Å². The largest absolute Gasteiger partial charge is 0.491 e. The third-order valence-electron chi connectivity index (χ3n) is 7.32. The molecule has 0 spiro atoms. The van der Waals surface area contributed by atoms with E-state index in [2.05, 4.69) is 26.7 Å². The van der Waals surface area contributed by atoms with Gasteiger partial charge in [-0.15, -0.1) is 0 Å². The van der Waals surface area contributed by atoms with E-state index in [9.17, 15) is 10.1 Å². The lowest BCUT2D eigenvalue weighted by Gasteiger charge is -2.27. The molecule has 1 aromatic carbocycles. The molecule has 0 radical (unpaired) electrons. The van der Waals surface area contributed by atoms with Crippen LogP contribution in [-0.4, -0.2) is 65.2 Å². The standard InChI is InChI=1S/C26H29N7O3/c27-13-17-15-29-24-21(17)23(28-14-16-3-1-2-4-16)31-26(32-24)30-20-6-5-19(18-7-10-36-22(18)20)25(34)33-8-11-35-12-9-33/h5-6,15-16H,1-4,7-12,14H2,(H3,28,29,30,31,32). The summed E-state index contributed by atoms with van der Waals surface area (Å²) in [5.74, 6) is 2.33. The summed E-state index contributed by atoms with van der Waals surface area (Å²) in [5, 5.41) is 17.1. The number of aromatic nitrogens is 3. The molecule has 2 aliphatic heterocycles. The zero-order chi connectivity index (χ0) is 24.5. The Morgan fingerprint density at radius 3 is 2.83 bits per heavy atom. The highest BCUT2D eigenvalue weighted by Gasteiger charge is 2.28. The number of amides is 1. The number of nitriles is 1. The van der Waals surface area contributed by atoms with Crippen LogP contribution >= 0.6 is 0 Å². The van der Waals surface area contributed by atoms with Crippen molar-refractivity contribution >= 4 is 34.4 Å². The summed E-state index contributed by atoms with van der Waals surface area (Å²) < 4.78 is 11.3. The molecule has 2 aromatic heterocycles. The molecule has 3 N–H and O–H groups in total. The van der Waals surface area contributed by atoms with Crippen molar-refractivity contribution in [3.63, 3.8) is 0 Å². The smallest absolute Gasteiger partial charge is 0.254 e. The molecule has 0 unspecified atom stereocenters. The number of morpholine rings is 1. The second-order valence-corrected chi connectivity index (χ2v) is 9.56. The van der Waals surface area contributed by atoms with Crippen molar-refractivity contribution < 1.29 is 14.3 Å². The van der Waals surface area contributed by atoms with Crippen molar-refractivity contribution in [3.8, 4) is 11.8 Å². The summed E-state index contributed by atoms with van der Waals surface area (Å²) in [6.45, 7) is 3.66. The van der Waals surface area contributed by atoms with E-state index >= 15 is 0 Å². The number of nitrogens with zero attached hydrogens (tertiary/aromatic N) is 4. The number of benzene rings is 1. The molecule has 1 amide bonds. The van der Waals surface area contributed by atoms with E-state index in [0.717, 1.165) is 12.1 Å². The summed E-state index contributed by atoms with van der Waals surface area (Å²) in [6.07, 6.45) is 7.29. The molecular weight excluding hydrogens is 458 g/mol. The van der Waals surface area contributed by atoms with Crippen molar-refractivity contribution in [2.45, 2.75) is 32.1 Å². The van der Waals surface area contributed by atoms with Gasteiger partial charge in [0, 0.05) is 43.4 Å². The zero-order valence-corrected chi connectivity index (χ0v) is 20.1. The number of rotatable bonds is 6. The van der Waals surface area contributed by atoms with Crippen LogP contribution in [0.4, 0.5) is 17.5 Å². The Morgan fingerprint density at radius 2 is 2.03 bits per heavy atom. The average Bonchev–Trinajstić information content (AvgIpc) is 3.69. The maximum Gasteiger partial charge on any atom is 0.254 e. The van der Waals surface area contributed by atoms with Crippen LogP contribution in [0.5, 0.6) is 5.75 Å². The van der Waals surface area contributed by atoms with E-state index in [1.165, 1.54) is 25.7 Å². The van der Waals surface area contributed by atoms with E-state index in [0.29, 0.717) is 90.6 Å². The Bertz CT molecular complexity index is 1330. The highest BCUT2D eigenvalue weighted by atomic mass is 16.5.